The Bertz CT molecular complexity index is 2920. The summed E-state index contributed by atoms with van der Waals surface area (Å²) in [7, 11) is 0. The maximum Gasteiger partial charge on any atom is 0.416 e. The summed E-state index contributed by atoms with van der Waals surface area (Å²) >= 11 is 0. The predicted octanol–water partition coefficient (Wildman–Crippen LogP) is 13.6. The Morgan fingerprint density at radius 1 is 0.380 bits per heavy atom. The number of halogens is 24. The molecule has 422 valence electrons. The Kier molecular flexibility index (Phi) is 16.4. The Morgan fingerprint density at radius 3 is 0.937 bits per heavy atom. The van der Waals surface area contributed by atoms with Gasteiger partial charge in [-0.05, 0) is 36.4 Å². The Hall–Kier alpha value is -7.46. The van der Waals surface area contributed by atoms with Gasteiger partial charge in [0.15, 0.2) is 6.79 Å². The van der Waals surface area contributed by atoms with E-state index >= 15 is 0 Å². The van der Waals surface area contributed by atoms with Crippen LogP contribution in [-0.2, 0) is 56.0 Å². The first-order valence-electron chi connectivity index (χ1n) is 21.6. The molecule has 0 aliphatic carbocycles. The highest BCUT2D eigenvalue weighted by atomic mass is 19.4. The van der Waals surface area contributed by atoms with Crippen molar-refractivity contribution in [3.8, 4) is 5.88 Å². The molecule has 0 saturated heterocycles. The Labute approximate surface area is 427 Å². The number of hydrogen-bond acceptors (Lipinski definition) is 3. The minimum atomic E-state index is -6.13. The summed E-state index contributed by atoms with van der Waals surface area (Å²) in [6, 6.07) is 11.8. The van der Waals surface area contributed by atoms with Gasteiger partial charge in [-0.3, -0.25) is 4.79 Å². The molecule has 0 aliphatic heterocycles. The van der Waals surface area contributed by atoms with Gasteiger partial charge in [0, 0.05) is 17.0 Å². The lowest BCUT2D eigenvalue weighted by Crippen LogP contribution is -2.75. The summed E-state index contributed by atoms with van der Waals surface area (Å²) in [6.07, 6.45) is -54.8. The number of carbonyl (C=O) groups excluding carboxylic acids is 1. The molecule has 1 N–H and O–H groups in total. The molecule has 7 aromatic rings. The van der Waals surface area contributed by atoms with Crippen LogP contribution in [0, 0.1) is 0 Å². The van der Waals surface area contributed by atoms with Crippen molar-refractivity contribution in [2.75, 3.05) is 6.79 Å². The number of alkyl halides is 24. The first-order chi connectivity index (χ1) is 36.1. The van der Waals surface area contributed by atoms with Crippen molar-refractivity contribution in [2.45, 2.75) is 56.0 Å². The average molecular weight is 1160 g/mol. The molecular weight excluding hydrogens is 1130 g/mol. The number of aliphatic hydroxyl groups is 1. The number of aliphatic hydroxyl groups excluding tert-OH is 1. The summed E-state index contributed by atoms with van der Waals surface area (Å²) in [5.41, 5.74) is -28.7. The summed E-state index contributed by atoms with van der Waals surface area (Å²) in [5.74, 6) is 0.454. The molecule has 79 heavy (non-hydrogen) atoms. The van der Waals surface area contributed by atoms with Gasteiger partial charge in [0.05, 0.1) is 50.6 Å². The van der Waals surface area contributed by atoms with Gasteiger partial charge in [0.1, 0.15) is 6.15 Å². The molecule has 0 bridgehead atoms. The van der Waals surface area contributed by atoms with Gasteiger partial charge in [0.25, 0.3) is 0 Å². The first-order valence-corrected chi connectivity index (χ1v) is 21.6. The largest absolute Gasteiger partial charge is 0.417 e. The summed E-state index contributed by atoms with van der Waals surface area (Å²) in [5, 5.41) is 10.1. The van der Waals surface area contributed by atoms with Crippen molar-refractivity contribution >= 4 is 44.7 Å². The molecule has 6 aromatic carbocycles. The molecule has 4 nitrogen and oxygen atoms in total. The fraction of sp³-hybridized carbons (Fsp3) is 0.200. The second kappa shape index (κ2) is 21.3. The number of hydrogen-bond donors (Lipinski definition) is 1. The van der Waals surface area contributed by atoms with Crippen LogP contribution in [0.2, 0.25) is 0 Å². The highest BCUT2D eigenvalue weighted by molar-refractivity contribution is 7.20. The standard InChI is InChI=1S/C32H12BF24.C18H16NO3/c34-25(35,36)13-1-14(26(37,38)39)6-21(5-13)33(22-7-15(27(40,41)42)2-16(8-22)28(43,44)45,23-9-17(29(46,47)48)3-18(10-23)30(49,50)51)24-11-19(31(52,53)54)4-20(12-24)32(55,56)57;20-13-22-18-11-10-14-6-4-5-9-16(14)19(18)12-17(21)15-7-2-1-3-8-15/h1-12H;1-11,20H,12-13H2/q-1;+1. The number of ketones is 1. The SMILES string of the molecule is FC(F)(F)c1cc([B-](c2cc(C(F)(F)F)cc(C(F)(F)F)c2)(c2cc(C(F)(F)F)cc(C(F)(F)F)c2)c2cc(C(F)(F)F)cc(C(F)(F)F)c2)cc(C(F)(F)F)c1.O=C(C[n+]1c(OCO)ccc2ccccc21)c1ccccc1. The molecule has 1 heterocycles. The number of pyridine rings is 1. The van der Waals surface area contributed by atoms with Crippen LogP contribution in [0.4, 0.5) is 105 Å². The molecule has 0 amide bonds. The summed E-state index contributed by atoms with van der Waals surface area (Å²) in [4.78, 5) is 12.5. The molecule has 0 saturated carbocycles. The molecule has 29 heteroatoms. The molecule has 0 aliphatic rings. The third-order valence-corrected chi connectivity index (χ3v) is 11.9. The fourth-order valence-corrected chi connectivity index (χ4v) is 8.53. The van der Waals surface area contributed by atoms with Gasteiger partial charge in [-0.25, -0.2) is 0 Å². The highest BCUT2D eigenvalue weighted by Gasteiger charge is 2.47. The van der Waals surface area contributed by atoms with Gasteiger partial charge in [-0.1, -0.05) is 91.0 Å². The number of nitrogens with zero attached hydrogens (tertiary/aromatic N) is 1. The maximum absolute atomic E-state index is 14.2. The van der Waals surface area contributed by atoms with Gasteiger partial charge >= 0.3 is 55.3 Å². The monoisotopic (exact) mass is 1160 g/mol. The minimum absolute atomic E-state index is 0.00950. The van der Waals surface area contributed by atoms with Crippen LogP contribution in [0.3, 0.4) is 0 Å². The molecule has 0 atom stereocenters. The van der Waals surface area contributed by atoms with E-state index in [-0.39, 0.29) is 12.3 Å². The smallest absolute Gasteiger partial charge is 0.416 e. The first kappa shape index (κ1) is 60.8. The van der Waals surface area contributed by atoms with Crippen LogP contribution in [0.5, 0.6) is 5.88 Å². The van der Waals surface area contributed by atoms with Gasteiger partial charge in [-0.15, -0.1) is 0 Å². The number of para-hydroxylation sites is 1. The number of ether oxygens (including phenoxy) is 1. The average Bonchev–Trinajstić information content (AvgIpc) is 3.55. The van der Waals surface area contributed by atoms with Gasteiger partial charge in [-0.2, -0.15) is 132 Å². The van der Waals surface area contributed by atoms with Gasteiger partial charge in [0.2, 0.25) is 17.8 Å². The number of aromatic nitrogens is 1. The van der Waals surface area contributed by atoms with Crippen LogP contribution in [0.15, 0.2) is 140 Å². The zero-order chi connectivity index (χ0) is 59.3. The van der Waals surface area contributed by atoms with E-state index in [2.05, 4.69) is 0 Å². The highest BCUT2D eigenvalue weighted by Crippen LogP contribution is 2.41. The van der Waals surface area contributed by atoms with Crippen molar-refractivity contribution < 1.29 is 125 Å². The Balaban J connectivity index is 0.000000378. The molecule has 0 fully saturated rings. The lowest BCUT2D eigenvalue weighted by atomic mass is 9.12. The third-order valence-electron chi connectivity index (χ3n) is 11.9. The Morgan fingerprint density at radius 2 is 0.658 bits per heavy atom. The zero-order valence-corrected chi connectivity index (χ0v) is 38.6. The summed E-state index contributed by atoms with van der Waals surface area (Å²) in [6.45, 7) is -0.279. The topological polar surface area (TPSA) is 50.4 Å². The third kappa shape index (κ3) is 13.7. The lowest BCUT2D eigenvalue weighted by molar-refractivity contribution is -0.663. The molecule has 0 radical (unpaired) electrons. The number of rotatable bonds is 9. The molecule has 7 rings (SSSR count). The lowest BCUT2D eigenvalue weighted by Gasteiger charge is -2.46. The molecule has 1 aromatic heterocycles. The summed E-state index contributed by atoms with van der Waals surface area (Å²) < 4.78 is 348. The number of fused-ring (bicyclic) bond motifs is 1. The normalized spacial score (nSPS) is 13.3. The van der Waals surface area contributed by atoms with E-state index in [1.165, 1.54) is 0 Å². The second-order valence-corrected chi connectivity index (χ2v) is 17.1. The van der Waals surface area contributed by atoms with Crippen molar-refractivity contribution in [3.05, 3.63) is 190 Å². The van der Waals surface area contributed by atoms with E-state index < -0.39 is 202 Å². The van der Waals surface area contributed by atoms with Crippen molar-refractivity contribution in [2.24, 2.45) is 0 Å². The zero-order valence-electron chi connectivity index (χ0n) is 38.6. The van der Waals surface area contributed by atoms with E-state index in [1.807, 2.05) is 48.5 Å². The molecular formula is C50H28BF24NO3. The van der Waals surface area contributed by atoms with E-state index in [1.54, 1.807) is 22.8 Å². The number of carbonyl (C=O) groups is 1. The van der Waals surface area contributed by atoms with Gasteiger partial charge < -0.3 is 9.84 Å². The van der Waals surface area contributed by atoms with E-state index in [9.17, 15) is 110 Å². The van der Waals surface area contributed by atoms with Crippen molar-refractivity contribution in [3.63, 3.8) is 0 Å². The van der Waals surface area contributed by atoms with Crippen LogP contribution in [0.25, 0.3) is 10.9 Å². The number of Topliss-reactive ketones (excluding diaryl/α,β-unsaturated/α-hetero) is 1. The van der Waals surface area contributed by atoms with Crippen LogP contribution in [0.1, 0.15) is 54.9 Å². The van der Waals surface area contributed by atoms with E-state index in [4.69, 9.17) is 9.84 Å². The fourth-order valence-electron chi connectivity index (χ4n) is 8.53. The van der Waals surface area contributed by atoms with Crippen LogP contribution < -0.4 is 31.2 Å². The van der Waals surface area contributed by atoms with Crippen LogP contribution >= 0.6 is 0 Å². The van der Waals surface area contributed by atoms with E-state index in [0.29, 0.717) is 11.4 Å². The number of benzene rings is 6. The van der Waals surface area contributed by atoms with Crippen molar-refractivity contribution in [1.29, 1.82) is 0 Å². The molecule has 0 spiro atoms. The van der Waals surface area contributed by atoms with E-state index in [0.717, 1.165) is 10.9 Å². The minimum Gasteiger partial charge on any atom is -0.417 e. The van der Waals surface area contributed by atoms with Crippen LogP contribution in [-0.4, -0.2) is 23.8 Å². The quantitative estimate of drug-likeness (QED) is 0.0515. The predicted molar refractivity (Wildman–Crippen MR) is 233 cm³/mol. The molecule has 0 unspecified atom stereocenters. The van der Waals surface area contributed by atoms with Crippen molar-refractivity contribution in [1.82, 2.24) is 0 Å². The maximum atomic E-state index is 14.2. The second-order valence-electron chi connectivity index (χ2n) is 17.1.